The minimum absolute atomic E-state index is 0. The van der Waals surface area contributed by atoms with E-state index in [0.29, 0.717) is 12.8 Å². The molecule has 0 atom stereocenters. The highest BCUT2D eigenvalue weighted by atomic mass is 24.3. The fraction of sp³-hybridized carbons (Fsp3) is 0.933. The van der Waals surface area contributed by atoms with Gasteiger partial charge in [0.15, 0.2) is 0 Å². The van der Waals surface area contributed by atoms with Gasteiger partial charge in [0.25, 0.3) is 0 Å². The molecule has 35 heavy (non-hydrogen) atoms. The molecule has 0 aromatic carbocycles. The van der Waals surface area contributed by atoms with Crippen molar-refractivity contribution >= 4 is 35.0 Å². The van der Waals surface area contributed by atoms with Crippen LogP contribution in [0, 0.1) is 0 Å². The Balaban J connectivity index is -0.000000573. The molecule has 0 unspecified atom stereocenters. The molecule has 0 saturated carbocycles. The zero-order chi connectivity index (χ0) is 25.5. The van der Waals surface area contributed by atoms with Gasteiger partial charge in [-0.15, -0.1) is 0 Å². The Morgan fingerprint density at radius 1 is 0.371 bits per heavy atom. The molecule has 0 rings (SSSR count). The van der Waals surface area contributed by atoms with E-state index >= 15 is 0 Å². The average molecular weight is 511 g/mol. The predicted molar refractivity (Wildman–Crippen MR) is 155 cm³/mol. The van der Waals surface area contributed by atoms with E-state index in [1.54, 1.807) is 0 Å². The minimum Gasteiger partial charge on any atom is -0.481 e. The van der Waals surface area contributed by atoms with Gasteiger partial charge >= 0.3 is 35.0 Å². The topological polar surface area (TPSA) is 74.6 Å². The average Bonchev–Trinajstić information content (AvgIpc) is 2.80. The van der Waals surface area contributed by atoms with Gasteiger partial charge in [0.05, 0.1) is 0 Å². The second kappa shape index (κ2) is 35.9. The molecule has 0 radical (unpaired) electrons. The molecule has 0 fully saturated rings. The molecule has 0 aromatic heterocycles. The molecule has 0 amide bonds. The quantitative estimate of drug-likeness (QED) is 0.0897. The number of carbonyl (C=O) groups is 2. The predicted octanol–water partition coefficient (Wildman–Crippen LogP) is 9.41. The highest BCUT2D eigenvalue weighted by molar-refractivity contribution is 5.75. The van der Waals surface area contributed by atoms with Crippen LogP contribution in [0.25, 0.3) is 0 Å². The molecule has 4 nitrogen and oxygen atoms in total. The number of hydrogen-bond acceptors (Lipinski definition) is 2. The van der Waals surface area contributed by atoms with Gasteiger partial charge in [-0.3, -0.25) is 9.59 Å². The van der Waals surface area contributed by atoms with Crippen LogP contribution in [0.15, 0.2) is 0 Å². The Morgan fingerprint density at radius 2 is 0.543 bits per heavy atom. The van der Waals surface area contributed by atoms with Crippen molar-refractivity contribution in [3.63, 3.8) is 0 Å². The monoisotopic (exact) mass is 510 g/mol. The van der Waals surface area contributed by atoms with Gasteiger partial charge in [-0.2, -0.15) is 0 Å². The van der Waals surface area contributed by atoms with E-state index in [2.05, 4.69) is 13.8 Å². The Kier molecular flexibility index (Phi) is 40.2. The van der Waals surface area contributed by atoms with Crippen molar-refractivity contribution in [1.29, 1.82) is 0 Å². The van der Waals surface area contributed by atoms with Crippen molar-refractivity contribution in [1.82, 2.24) is 0 Å². The molecular formula is C30H62MgO4. The number of carboxylic acid groups (broad SMARTS) is 2. The van der Waals surface area contributed by atoms with Crippen LogP contribution < -0.4 is 0 Å². The number of unbranched alkanes of at least 4 members (excludes halogenated alkanes) is 22. The second-order valence-corrected chi connectivity index (χ2v) is 10.1. The largest absolute Gasteiger partial charge is 0.481 e. The number of aliphatic carboxylic acids is 2. The Morgan fingerprint density at radius 3 is 0.714 bits per heavy atom. The minimum atomic E-state index is -0.657. The van der Waals surface area contributed by atoms with Gasteiger partial charge in [0.2, 0.25) is 0 Å². The maximum atomic E-state index is 10.3. The first-order valence-corrected chi connectivity index (χ1v) is 15.0. The van der Waals surface area contributed by atoms with Crippen molar-refractivity contribution in [2.24, 2.45) is 0 Å². The van der Waals surface area contributed by atoms with Crippen molar-refractivity contribution < 1.29 is 19.8 Å². The van der Waals surface area contributed by atoms with E-state index < -0.39 is 11.9 Å². The molecule has 0 heterocycles. The third-order valence-corrected chi connectivity index (χ3v) is 6.49. The fourth-order valence-electron chi connectivity index (χ4n) is 4.23. The smallest absolute Gasteiger partial charge is 0.316 e. The van der Waals surface area contributed by atoms with E-state index in [1.165, 1.54) is 128 Å². The van der Waals surface area contributed by atoms with Gasteiger partial charge in [-0.1, -0.05) is 155 Å². The molecule has 5 heteroatoms. The summed E-state index contributed by atoms with van der Waals surface area (Å²) >= 11 is 0. The summed E-state index contributed by atoms with van der Waals surface area (Å²) in [5, 5.41) is 16.9. The highest BCUT2D eigenvalue weighted by Gasteiger charge is 1.98. The molecule has 0 aromatic rings. The van der Waals surface area contributed by atoms with E-state index in [4.69, 9.17) is 10.2 Å². The lowest BCUT2D eigenvalue weighted by molar-refractivity contribution is -0.138. The summed E-state index contributed by atoms with van der Waals surface area (Å²) in [4.78, 5) is 20.6. The van der Waals surface area contributed by atoms with Gasteiger partial charge in [0, 0.05) is 12.8 Å². The van der Waals surface area contributed by atoms with Gasteiger partial charge in [0.1, 0.15) is 0 Å². The Bertz CT molecular complexity index is 415. The van der Waals surface area contributed by atoms with Crippen LogP contribution in [0.1, 0.15) is 181 Å². The van der Waals surface area contributed by atoms with Crippen LogP contribution in [0.2, 0.25) is 0 Å². The number of hydrogen-bond donors (Lipinski definition) is 2. The standard InChI is InChI=1S/C16H32O2.C14H28O2.Mg.2H/c1-2-3-4-5-6-7-8-9-10-11-12-13-14-15-16(17)18;1-2-3-4-5-6-7-8-9-10-11-12-13-14(15)16;;;/h2-15H2,1H3,(H,17,18);2-13H2,1H3,(H,15,16);;;. The maximum absolute atomic E-state index is 10.3. The van der Waals surface area contributed by atoms with Crippen LogP contribution >= 0.6 is 0 Å². The molecule has 0 aliphatic carbocycles. The first kappa shape index (κ1) is 39.2. The van der Waals surface area contributed by atoms with Crippen molar-refractivity contribution in [3.05, 3.63) is 0 Å². The Labute approximate surface area is 235 Å². The first-order chi connectivity index (χ1) is 16.5. The summed E-state index contributed by atoms with van der Waals surface area (Å²) in [6, 6.07) is 0. The van der Waals surface area contributed by atoms with Gasteiger partial charge in [-0.05, 0) is 12.8 Å². The van der Waals surface area contributed by atoms with Crippen LogP contribution in [-0.2, 0) is 9.59 Å². The Hall–Kier alpha value is -0.294. The summed E-state index contributed by atoms with van der Waals surface area (Å²) in [6.07, 6.45) is 31.6. The molecular weight excluding hydrogens is 449 g/mol. The fourth-order valence-corrected chi connectivity index (χ4v) is 4.23. The third-order valence-electron chi connectivity index (χ3n) is 6.49. The van der Waals surface area contributed by atoms with Crippen molar-refractivity contribution in [3.8, 4) is 0 Å². The molecule has 2 N–H and O–H groups in total. The first-order valence-electron chi connectivity index (χ1n) is 15.0. The van der Waals surface area contributed by atoms with Crippen LogP contribution in [0.5, 0.6) is 0 Å². The number of carboxylic acids is 2. The van der Waals surface area contributed by atoms with E-state index in [0.717, 1.165) is 25.7 Å². The van der Waals surface area contributed by atoms with Gasteiger partial charge < -0.3 is 10.2 Å². The summed E-state index contributed by atoms with van der Waals surface area (Å²) in [7, 11) is 0. The molecule has 208 valence electrons. The van der Waals surface area contributed by atoms with E-state index in [1.807, 2.05) is 0 Å². The van der Waals surface area contributed by atoms with Crippen LogP contribution in [0.3, 0.4) is 0 Å². The summed E-state index contributed by atoms with van der Waals surface area (Å²) in [6.45, 7) is 4.51. The summed E-state index contributed by atoms with van der Waals surface area (Å²) in [5.74, 6) is -1.31. The highest BCUT2D eigenvalue weighted by Crippen LogP contribution is 2.13. The van der Waals surface area contributed by atoms with Crippen LogP contribution in [-0.4, -0.2) is 45.2 Å². The van der Waals surface area contributed by atoms with Crippen LogP contribution in [0.4, 0.5) is 0 Å². The molecule has 0 saturated heterocycles. The number of rotatable bonds is 26. The van der Waals surface area contributed by atoms with E-state index in [-0.39, 0.29) is 23.1 Å². The summed E-state index contributed by atoms with van der Waals surface area (Å²) in [5.41, 5.74) is 0. The lowest BCUT2D eigenvalue weighted by atomic mass is 10.0. The lowest BCUT2D eigenvalue weighted by Crippen LogP contribution is -1.93. The lowest BCUT2D eigenvalue weighted by Gasteiger charge is -2.02. The normalized spacial score (nSPS) is 10.3. The second-order valence-electron chi connectivity index (χ2n) is 10.1. The van der Waals surface area contributed by atoms with Crippen molar-refractivity contribution in [2.45, 2.75) is 181 Å². The SMILES string of the molecule is CCCCCCCCCCCCCC(=O)O.CCCCCCCCCCCCCCCC(=O)O.[MgH2]. The third kappa shape index (κ3) is 44.1. The maximum Gasteiger partial charge on any atom is 0.316 e. The molecule has 0 bridgehead atoms. The van der Waals surface area contributed by atoms with E-state index in [9.17, 15) is 9.59 Å². The zero-order valence-electron chi connectivity index (χ0n) is 23.1. The molecule has 0 spiro atoms. The van der Waals surface area contributed by atoms with Crippen molar-refractivity contribution in [2.75, 3.05) is 0 Å². The molecule has 0 aliphatic heterocycles. The molecule has 0 aliphatic rings. The zero-order valence-corrected chi connectivity index (χ0v) is 23.1. The van der Waals surface area contributed by atoms with Gasteiger partial charge in [-0.25, -0.2) is 0 Å². The summed E-state index contributed by atoms with van der Waals surface area (Å²) < 4.78 is 0.